The van der Waals surface area contributed by atoms with Crippen molar-refractivity contribution in [3.63, 3.8) is 0 Å². The molecule has 1 atom stereocenters. The Morgan fingerprint density at radius 1 is 1.07 bits per heavy atom. The highest BCUT2D eigenvalue weighted by Crippen LogP contribution is 2.22. The molecule has 140 valence electrons. The van der Waals surface area contributed by atoms with Crippen molar-refractivity contribution in [1.29, 1.82) is 0 Å². The number of hydrogen-bond acceptors (Lipinski definition) is 3. The predicted octanol–water partition coefficient (Wildman–Crippen LogP) is 2.87. The lowest BCUT2D eigenvalue weighted by atomic mass is 9.95. The predicted molar refractivity (Wildman–Crippen MR) is 102 cm³/mol. The summed E-state index contributed by atoms with van der Waals surface area (Å²) in [6.45, 7) is 4.37. The van der Waals surface area contributed by atoms with E-state index in [0.717, 1.165) is 11.1 Å². The molecule has 1 unspecified atom stereocenters. The van der Waals surface area contributed by atoms with Crippen LogP contribution >= 0.6 is 0 Å². The number of rotatable bonds is 6. The third kappa shape index (κ3) is 4.34. The molecule has 27 heavy (non-hydrogen) atoms. The van der Waals surface area contributed by atoms with Gasteiger partial charge in [0.05, 0.1) is 19.1 Å². The van der Waals surface area contributed by atoms with Gasteiger partial charge >= 0.3 is 6.03 Å². The summed E-state index contributed by atoms with van der Waals surface area (Å²) in [7, 11) is 0. The van der Waals surface area contributed by atoms with E-state index >= 15 is 0 Å². The normalized spacial score (nSPS) is 15.0. The van der Waals surface area contributed by atoms with Crippen LogP contribution in [0.2, 0.25) is 0 Å². The van der Waals surface area contributed by atoms with Crippen LogP contribution in [0.15, 0.2) is 54.6 Å². The molecule has 2 aromatic rings. The van der Waals surface area contributed by atoms with Crippen LogP contribution in [0.25, 0.3) is 0 Å². The molecule has 6 nitrogen and oxygen atoms in total. The van der Waals surface area contributed by atoms with Crippen molar-refractivity contribution in [2.75, 3.05) is 6.54 Å². The molecule has 3 rings (SSSR count). The Hall–Kier alpha value is -3.15. The van der Waals surface area contributed by atoms with E-state index in [1.165, 1.54) is 4.90 Å². The SMILES string of the molecule is CC(C)C(NC(=O)c1ccc(CN2C(=O)CNC2=O)cc1)c1ccccc1. The lowest BCUT2D eigenvalue weighted by Crippen LogP contribution is -2.32. The summed E-state index contributed by atoms with van der Waals surface area (Å²) < 4.78 is 0. The van der Waals surface area contributed by atoms with Crippen molar-refractivity contribution in [2.45, 2.75) is 26.4 Å². The van der Waals surface area contributed by atoms with E-state index in [4.69, 9.17) is 0 Å². The summed E-state index contributed by atoms with van der Waals surface area (Å²) in [6, 6.07) is 16.4. The fourth-order valence-corrected chi connectivity index (χ4v) is 3.08. The first-order valence-corrected chi connectivity index (χ1v) is 8.98. The van der Waals surface area contributed by atoms with E-state index in [1.54, 1.807) is 24.3 Å². The monoisotopic (exact) mass is 365 g/mol. The van der Waals surface area contributed by atoms with Crippen LogP contribution in [0.1, 0.15) is 41.4 Å². The molecule has 1 fully saturated rings. The minimum absolute atomic E-state index is 0.0371. The van der Waals surface area contributed by atoms with Crippen LogP contribution < -0.4 is 10.6 Å². The van der Waals surface area contributed by atoms with Gasteiger partial charge in [-0.25, -0.2) is 4.79 Å². The maximum Gasteiger partial charge on any atom is 0.324 e. The lowest BCUT2D eigenvalue weighted by molar-refractivity contribution is -0.125. The maximum absolute atomic E-state index is 12.7. The van der Waals surface area contributed by atoms with Gasteiger partial charge in [-0.05, 0) is 29.2 Å². The molecule has 1 saturated heterocycles. The molecule has 1 aliphatic heterocycles. The highest BCUT2D eigenvalue weighted by Gasteiger charge is 2.28. The van der Waals surface area contributed by atoms with Crippen molar-refractivity contribution in [3.8, 4) is 0 Å². The highest BCUT2D eigenvalue weighted by atomic mass is 16.2. The van der Waals surface area contributed by atoms with Gasteiger partial charge in [0.2, 0.25) is 5.91 Å². The molecule has 0 saturated carbocycles. The topological polar surface area (TPSA) is 78.5 Å². The number of amides is 4. The number of benzene rings is 2. The smallest absolute Gasteiger partial charge is 0.324 e. The summed E-state index contributed by atoms with van der Waals surface area (Å²) in [4.78, 5) is 37.1. The van der Waals surface area contributed by atoms with Crippen LogP contribution in [0.4, 0.5) is 4.79 Å². The number of urea groups is 1. The summed E-state index contributed by atoms with van der Waals surface area (Å²) in [5.74, 6) is -0.154. The van der Waals surface area contributed by atoms with Crippen LogP contribution in [0.5, 0.6) is 0 Å². The molecule has 4 amide bonds. The third-order valence-electron chi connectivity index (χ3n) is 4.61. The van der Waals surface area contributed by atoms with Gasteiger partial charge in [-0.1, -0.05) is 56.3 Å². The molecule has 2 aromatic carbocycles. The second-order valence-corrected chi connectivity index (χ2v) is 6.94. The minimum Gasteiger partial charge on any atom is -0.345 e. The molecule has 0 spiro atoms. The number of carbonyl (C=O) groups is 3. The van der Waals surface area contributed by atoms with Crippen molar-refractivity contribution in [3.05, 3.63) is 71.3 Å². The summed E-state index contributed by atoms with van der Waals surface area (Å²) in [5, 5.41) is 5.58. The van der Waals surface area contributed by atoms with Crippen molar-refractivity contribution < 1.29 is 14.4 Å². The van der Waals surface area contributed by atoms with Gasteiger partial charge in [-0.2, -0.15) is 0 Å². The fourth-order valence-electron chi connectivity index (χ4n) is 3.08. The lowest BCUT2D eigenvalue weighted by Gasteiger charge is -2.23. The number of nitrogens with zero attached hydrogens (tertiary/aromatic N) is 1. The Morgan fingerprint density at radius 3 is 2.30 bits per heavy atom. The average Bonchev–Trinajstić information content (AvgIpc) is 2.99. The number of carbonyl (C=O) groups excluding carboxylic acids is 3. The molecule has 0 aliphatic carbocycles. The fraction of sp³-hybridized carbons (Fsp3) is 0.286. The Bertz CT molecular complexity index is 816. The van der Waals surface area contributed by atoms with E-state index in [1.807, 2.05) is 30.3 Å². The Balaban J connectivity index is 1.68. The first kappa shape index (κ1) is 18.6. The van der Waals surface area contributed by atoms with Crippen LogP contribution in [-0.2, 0) is 11.3 Å². The third-order valence-corrected chi connectivity index (χ3v) is 4.61. The van der Waals surface area contributed by atoms with E-state index in [0.29, 0.717) is 5.56 Å². The molecule has 1 heterocycles. The molecular formula is C21H23N3O3. The first-order valence-electron chi connectivity index (χ1n) is 8.98. The van der Waals surface area contributed by atoms with Crippen molar-refractivity contribution in [2.24, 2.45) is 5.92 Å². The van der Waals surface area contributed by atoms with Gasteiger partial charge in [-0.3, -0.25) is 14.5 Å². The number of imide groups is 1. The van der Waals surface area contributed by atoms with Gasteiger partial charge in [-0.15, -0.1) is 0 Å². The van der Waals surface area contributed by atoms with Crippen LogP contribution in [0, 0.1) is 5.92 Å². The number of nitrogens with one attached hydrogen (secondary N) is 2. The molecular weight excluding hydrogens is 342 g/mol. The summed E-state index contributed by atoms with van der Waals surface area (Å²) >= 11 is 0. The second-order valence-electron chi connectivity index (χ2n) is 6.94. The first-order chi connectivity index (χ1) is 13.0. The van der Waals surface area contributed by atoms with Crippen LogP contribution in [0.3, 0.4) is 0 Å². The Labute approximate surface area is 158 Å². The zero-order chi connectivity index (χ0) is 19.4. The van der Waals surface area contributed by atoms with E-state index in [2.05, 4.69) is 24.5 Å². The van der Waals surface area contributed by atoms with Gasteiger partial charge in [0.15, 0.2) is 0 Å². The average molecular weight is 365 g/mol. The Kier molecular flexibility index (Phi) is 5.54. The molecule has 6 heteroatoms. The summed E-state index contributed by atoms with van der Waals surface area (Å²) in [6.07, 6.45) is 0. The minimum atomic E-state index is -0.385. The number of hydrogen-bond donors (Lipinski definition) is 2. The zero-order valence-corrected chi connectivity index (χ0v) is 15.4. The molecule has 0 aromatic heterocycles. The van der Waals surface area contributed by atoms with E-state index < -0.39 is 0 Å². The maximum atomic E-state index is 12.7. The molecule has 1 aliphatic rings. The second kappa shape index (κ2) is 8.03. The van der Waals surface area contributed by atoms with Gasteiger partial charge in [0, 0.05) is 5.56 Å². The van der Waals surface area contributed by atoms with Crippen LogP contribution in [-0.4, -0.2) is 29.3 Å². The van der Waals surface area contributed by atoms with Gasteiger partial charge in [0.25, 0.3) is 5.91 Å². The van der Waals surface area contributed by atoms with Crippen molar-refractivity contribution >= 4 is 17.8 Å². The highest BCUT2D eigenvalue weighted by molar-refractivity contribution is 6.01. The van der Waals surface area contributed by atoms with E-state index in [-0.39, 0.29) is 42.9 Å². The molecule has 2 N–H and O–H groups in total. The van der Waals surface area contributed by atoms with Crippen molar-refractivity contribution in [1.82, 2.24) is 15.5 Å². The van der Waals surface area contributed by atoms with Gasteiger partial charge in [0.1, 0.15) is 0 Å². The van der Waals surface area contributed by atoms with Gasteiger partial charge < -0.3 is 10.6 Å². The largest absolute Gasteiger partial charge is 0.345 e. The standard InChI is InChI=1S/C21H23N3O3/c1-14(2)19(16-6-4-3-5-7-16)23-20(26)17-10-8-15(9-11-17)13-24-18(25)12-22-21(24)27/h3-11,14,19H,12-13H2,1-2H3,(H,22,27)(H,23,26). The zero-order valence-electron chi connectivity index (χ0n) is 15.4. The Morgan fingerprint density at radius 2 is 1.74 bits per heavy atom. The van der Waals surface area contributed by atoms with E-state index in [9.17, 15) is 14.4 Å². The quantitative estimate of drug-likeness (QED) is 0.773. The molecule has 0 bridgehead atoms. The summed E-state index contributed by atoms with van der Waals surface area (Å²) in [5.41, 5.74) is 2.40. The molecule has 0 radical (unpaired) electrons.